The minimum Gasteiger partial charge on any atom is -0.482 e. The van der Waals surface area contributed by atoms with Gasteiger partial charge in [0.05, 0.1) is 5.25 Å². The number of nitrogens with zero attached hydrogens (tertiary/aromatic N) is 3. The summed E-state index contributed by atoms with van der Waals surface area (Å²) in [5, 5.41) is 10.9. The second-order valence-electron chi connectivity index (χ2n) is 7.15. The summed E-state index contributed by atoms with van der Waals surface area (Å²) in [6.07, 6.45) is 0. The van der Waals surface area contributed by atoms with Crippen molar-refractivity contribution in [2.75, 3.05) is 11.2 Å². The summed E-state index contributed by atoms with van der Waals surface area (Å²) < 4.78 is 20.4. The zero-order valence-corrected chi connectivity index (χ0v) is 18.6. The molecule has 0 radical (unpaired) electrons. The molecule has 168 valence electrons. The van der Waals surface area contributed by atoms with Crippen molar-refractivity contribution >= 4 is 23.4 Å². The summed E-state index contributed by atoms with van der Waals surface area (Å²) in [4.78, 5) is 12.9. The highest BCUT2D eigenvalue weighted by Gasteiger charge is 2.21. The lowest BCUT2D eigenvalue weighted by molar-refractivity contribution is -0.115. The monoisotopic (exact) mass is 463 g/mol. The molecule has 0 unspecified atom stereocenters. The molecule has 0 bridgehead atoms. The van der Waals surface area contributed by atoms with Gasteiger partial charge in [-0.15, -0.1) is 10.2 Å². The summed E-state index contributed by atoms with van der Waals surface area (Å²) in [6, 6.07) is 23.5. The van der Waals surface area contributed by atoms with Gasteiger partial charge in [-0.3, -0.25) is 4.79 Å². The first-order valence-corrected chi connectivity index (χ1v) is 11.1. The molecular formula is C24H22FN5O2S. The second-order valence-corrected chi connectivity index (χ2v) is 8.46. The highest BCUT2D eigenvalue weighted by atomic mass is 32.2. The van der Waals surface area contributed by atoms with E-state index in [0.717, 1.165) is 11.1 Å². The van der Waals surface area contributed by atoms with E-state index in [4.69, 9.17) is 10.6 Å². The molecule has 0 aliphatic carbocycles. The van der Waals surface area contributed by atoms with Gasteiger partial charge in [0.2, 0.25) is 11.1 Å². The highest BCUT2D eigenvalue weighted by Crippen LogP contribution is 2.29. The van der Waals surface area contributed by atoms with Gasteiger partial charge in [0, 0.05) is 11.3 Å². The predicted molar refractivity (Wildman–Crippen MR) is 127 cm³/mol. The largest absolute Gasteiger partial charge is 0.482 e. The number of hydrogen-bond acceptors (Lipinski definition) is 6. The molecule has 0 saturated heterocycles. The van der Waals surface area contributed by atoms with E-state index in [1.807, 2.05) is 54.6 Å². The molecule has 33 heavy (non-hydrogen) atoms. The van der Waals surface area contributed by atoms with Gasteiger partial charge in [-0.05, 0) is 30.7 Å². The number of para-hydroxylation sites is 2. The first-order valence-electron chi connectivity index (χ1n) is 10.2. The lowest BCUT2D eigenvalue weighted by Crippen LogP contribution is -2.24. The Labute approximate surface area is 194 Å². The minimum atomic E-state index is -0.499. The Bertz CT molecular complexity index is 1250. The molecule has 3 N–H and O–H groups in total. The number of nitrogen functional groups attached to an aromatic ring is 1. The van der Waals surface area contributed by atoms with E-state index in [9.17, 15) is 9.18 Å². The molecule has 1 heterocycles. The van der Waals surface area contributed by atoms with Crippen molar-refractivity contribution in [1.82, 2.24) is 14.9 Å². The summed E-state index contributed by atoms with van der Waals surface area (Å²) in [6.45, 7) is 1.70. The van der Waals surface area contributed by atoms with Gasteiger partial charge >= 0.3 is 0 Å². The van der Waals surface area contributed by atoms with Gasteiger partial charge in [0.1, 0.15) is 6.61 Å². The van der Waals surface area contributed by atoms with Crippen LogP contribution in [0.25, 0.3) is 11.1 Å². The molecule has 1 amide bonds. The fourth-order valence-corrected chi connectivity index (χ4v) is 3.89. The molecule has 0 spiro atoms. The van der Waals surface area contributed by atoms with Crippen molar-refractivity contribution in [2.24, 2.45) is 0 Å². The second kappa shape index (κ2) is 10.2. The zero-order chi connectivity index (χ0) is 23.2. The number of carbonyl (C=O) groups excluding carboxylic acids is 1. The number of nitrogens with one attached hydrogen (secondary N) is 1. The average Bonchev–Trinajstić information content (AvgIpc) is 3.18. The van der Waals surface area contributed by atoms with Crippen LogP contribution in [0.1, 0.15) is 12.7 Å². The Morgan fingerprint density at radius 3 is 2.55 bits per heavy atom. The number of nitrogens with two attached hydrogens (primary N) is 1. The van der Waals surface area contributed by atoms with E-state index in [1.165, 1.54) is 28.6 Å². The van der Waals surface area contributed by atoms with Crippen LogP contribution in [0.4, 0.5) is 10.1 Å². The normalized spacial score (nSPS) is 11.7. The van der Waals surface area contributed by atoms with Gasteiger partial charge in [-0.1, -0.05) is 72.4 Å². The van der Waals surface area contributed by atoms with Crippen molar-refractivity contribution in [2.45, 2.75) is 23.9 Å². The fourth-order valence-electron chi connectivity index (χ4n) is 3.10. The van der Waals surface area contributed by atoms with Gasteiger partial charge in [0.25, 0.3) is 0 Å². The average molecular weight is 464 g/mol. The molecule has 1 aromatic heterocycles. The maximum Gasteiger partial charge on any atom is 0.237 e. The number of ether oxygens (including phenoxy) is 1. The number of amides is 1. The number of carbonyl (C=O) groups is 1. The molecule has 0 aliphatic heterocycles. The molecule has 9 heteroatoms. The fraction of sp³-hybridized carbons (Fsp3) is 0.125. The van der Waals surface area contributed by atoms with Gasteiger partial charge < -0.3 is 15.9 Å². The number of rotatable bonds is 8. The van der Waals surface area contributed by atoms with E-state index < -0.39 is 11.1 Å². The van der Waals surface area contributed by atoms with Crippen LogP contribution in [0.2, 0.25) is 0 Å². The summed E-state index contributed by atoms with van der Waals surface area (Å²) in [7, 11) is 0. The lowest BCUT2D eigenvalue weighted by atomic mass is 10.0. The van der Waals surface area contributed by atoms with E-state index in [1.54, 1.807) is 19.1 Å². The Balaban J connectivity index is 1.41. The minimum absolute atomic E-state index is 0.0595. The maximum absolute atomic E-state index is 13.7. The third-order valence-corrected chi connectivity index (χ3v) is 5.91. The Hall–Kier alpha value is -3.85. The third-order valence-electron chi connectivity index (χ3n) is 4.85. The molecule has 4 rings (SSSR count). The number of hydrogen-bond donors (Lipinski definition) is 2. The van der Waals surface area contributed by atoms with Crippen molar-refractivity contribution in [3.05, 3.63) is 90.5 Å². The van der Waals surface area contributed by atoms with Gasteiger partial charge in [-0.2, -0.15) is 0 Å². The zero-order valence-electron chi connectivity index (χ0n) is 17.8. The third kappa shape index (κ3) is 5.32. The smallest absolute Gasteiger partial charge is 0.237 e. The molecule has 3 aromatic carbocycles. The van der Waals surface area contributed by atoms with Crippen LogP contribution in [-0.4, -0.2) is 26.0 Å². The highest BCUT2D eigenvalue weighted by molar-refractivity contribution is 8.00. The Morgan fingerprint density at radius 2 is 1.76 bits per heavy atom. The van der Waals surface area contributed by atoms with E-state index in [0.29, 0.717) is 16.7 Å². The number of thioether (sulfide) groups is 1. The standard InChI is InChI=1S/C24H22FN5O2S/c1-16(23(31)27-20-13-7-5-11-18(20)17-9-3-2-4-10-17)33-24-29-28-22(30(24)26)15-32-21-14-8-6-12-19(21)25/h2-14,16H,15,26H2,1H3,(H,27,31)/t16-/m0/s1. The topological polar surface area (TPSA) is 95.1 Å². The van der Waals surface area contributed by atoms with E-state index in [-0.39, 0.29) is 18.3 Å². The van der Waals surface area contributed by atoms with Crippen LogP contribution in [0.3, 0.4) is 0 Å². The molecule has 0 fully saturated rings. The molecule has 7 nitrogen and oxygen atoms in total. The van der Waals surface area contributed by atoms with Gasteiger partial charge in [0.15, 0.2) is 17.4 Å². The quantitative estimate of drug-likeness (QED) is 0.295. The lowest BCUT2D eigenvalue weighted by Gasteiger charge is -2.14. The summed E-state index contributed by atoms with van der Waals surface area (Å²) >= 11 is 1.17. The van der Waals surface area contributed by atoms with E-state index in [2.05, 4.69) is 15.5 Å². The summed E-state index contributed by atoms with van der Waals surface area (Å²) in [5.41, 5.74) is 2.66. The maximum atomic E-state index is 13.7. The first kappa shape index (κ1) is 22.3. The van der Waals surface area contributed by atoms with Crippen LogP contribution < -0.4 is 15.9 Å². The molecule has 0 saturated carbocycles. The Morgan fingerprint density at radius 1 is 1.06 bits per heavy atom. The molecule has 1 atom stereocenters. The van der Waals surface area contributed by atoms with Crippen LogP contribution in [0.15, 0.2) is 84.0 Å². The molecule has 0 aliphatic rings. The SMILES string of the molecule is C[C@H](Sc1nnc(COc2ccccc2F)n1N)C(=O)Nc1ccccc1-c1ccccc1. The van der Waals surface area contributed by atoms with Crippen LogP contribution in [-0.2, 0) is 11.4 Å². The van der Waals surface area contributed by atoms with Crippen molar-refractivity contribution in [3.8, 4) is 16.9 Å². The van der Waals surface area contributed by atoms with Crippen LogP contribution >= 0.6 is 11.8 Å². The van der Waals surface area contributed by atoms with Crippen LogP contribution in [0, 0.1) is 5.82 Å². The van der Waals surface area contributed by atoms with Crippen molar-refractivity contribution < 1.29 is 13.9 Å². The summed E-state index contributed by atoms with van der Waals surface area (Å²) in [5.74, 6) is 5.80. The number of anilines is 1. The number of benzene rings is 3. The van der Waals surface area contributed by atoms with E-state index >= 15 is 0 Å². The van der Waals surface area contributed by atoms with Crippen molar-refractivity contribution in [3.63, 3.8) is 0 Å². The number of aromatic nitrogens is 3. The predicted octanol–water partition coefficient (Wildman–Crippen LogP) is 4.50. The Kier molecular flexibility index (Phi) is 6.89. The van der Waals surface area contributed by atoms with Gasteiger partial charge in [-0.25, -0.2) is 9.07 Å². The molecule has 4 aromatic rings. The number of halogens is 1. The first-order chi connectivity index (χ1) is 16.0. The van der Waals surface area contributed by atoms with Crippen LogP contribution in [0.5, 0.6) is 5.75 Å². The molecular weight excluding hydrogens is 441 g/mol. The van der Waals surface area contributed by atoms with Crippen molar-refractivity contribution in [1.29, 1.82) is 0 Å².